The fraction of sp³-hybridized carbons (Fsp3) is 0.375. The van der Waals surface area contributed by atoms with Gasteiger partial charge in [0, 0.05) is 37.3 Å². The Morgan fingerprint density at radius 2 is 2.09 bits per heavy atom. The van der Waals surface area contributed by atoms with E-state index in [1.54, 1.807) is 7.11 Å². The van der Waals surface area contributed by atoms with Gasteiger partial charge in [0.2, 0.25) is 5.95 Å². The molecule has 1 aliphatic heterocycles. The minimum Gasteiger partial charge on any atom is -0.496 e. The summed E-state index contributed by atoms with van der Waals surface area (Å²) in [6.07, 6.45) is 0. The zero-order chi connectivity index (χ0) is 16.2. The van der Waals surface area contributed by atoms with Gasteiger partial charge in [-0.2, -0.15) is 9.97 Å². The normalized spacial score (nSPS) is 14.4. The van der Waals surface area contributed by atoms with Gasteiger partial charge in [0.1, 0.15) is 17.4 Å². The lowest BCUT2D eigenvalue weighted by atomic mass is 10.1. The Labute approximate surface area is 135 Å². The Morgan fingerprint density at radius 3 is 2.83 bits per heavy atom. The largest absolute Gasteiger partial charge is 0.496 e. The van der Waals surface area contributed by atoms with E-state index in [1.807, 2.05) is 37.4 Å². The number of benzene rings is 1. The maximum atomic E-state index is 5.84. The van der Waals surface area contributed by atoms with Crippen molar-refractivity contribution < 1.29 is 4.74 Å². The van der Waals surface area contributed by atoms with Crippen molar-refractivity contribution in [2.45, 2.75) is 12.6 Å². The van der Waals surface area contributed by atoms with Crippen LogP contribution in [0.4, 0.5) is 17.6 Å². The van der Waals surface area contributed by atoms with Gasteiger partial charge in [0.15, 0.2) is 0 Å². The zero-order valence-corrected chi connectivity index (χ0v) is 13.4. The molecule has 0 unspecified atom stereocenters. The van der Waals surface area contributed by atoms with Crippen molar-refractivity contribution in [3.05, 3.63) is 35.9 Å². The third-order valence-electron chi connectivity index (χ3n) is 4.00. The Balaban J connectivity index is 1.69. The van der Waals surface area contributed by atoms with Gasteiger partial charge in [-0.25, -0.2) is 0 Å². The third-order valence-corrected chi connectivity index (χ3v) is 4.00. The zero-order valence-electron chi connectivity index (χ0n) is 13.4. The summed E-state index contributed by atoms with van der Waals surface area (Å²) in [4.78, 5) is 10.7. The summed E-state index contributed by atoms with van der Waals surface area (Å²) >= 11 is 0. The highest BCUT2D eigenvalue weighted by atomic mass is 16.5. The van der Waals surface area contributed by atoms with Crippen molar-refractivity contribution in [1.82, 2.24) is 15.3 Å². The molecule has 23 heavy (non-hydrogen) atoms. The Bertz CT molecular complexity index is 671. The molecule has 0 spiro atoms. The maximum Gasteiger partial charge on any atom is 0.223 e. The highest BCUT2D eigenvalue weighted by molar-refractivity contribution is 5.54. The molecule has 7 nitrogen and oxygen atoms in total. The summed E-state index contributed by atoms with van der Waals surface area (Å²) in [7, 11) is 3.64. The molecule has 1 saturated heterocycles. The van der Waals surface area contributed by atoms with E-state index in [4.69, 9.17) is 10.5 Å². The number of ether oxygens (including phenoxy) is 1. The van der Waals surface area contributed by atoms with Crippen LogP contribution in [0, 0.1) is 0 Å². The Kier molecular flexibility index (Phi) is 4.47. The molecule has 1 aromatic heterocycles. The second-order valence-corrected chi connectivity index (χ2v) is 5.53. The molecule has 1 fully saturated rings. The number of nitrogens with one attached hydrogen (secondary N) is 2. The number of nitrogens with two attached hydrogens (primary N) is 1. The van der Waals surface area contributed by atoms with Gasteiger partial charge >= 0.3 is 0 Å². The van der Waals surface area contributed by atoms with Crippen molar-refractivity contribution in [2.24, 2.45) is 0 Å². The summed E-state index contributed by atoms with van der Waals surface area (Å²) in [5, 5.41) is 6.54. The highest BCUT2D eigenvalue weighted by Crippen LogP contribution is 2.23. The van der Waals surface area contributed by atoms with E-state index in [0.29, 0.717) is 18.4 Å². The molecule has 0 aliphatic carbocycles. The standard InChI is InChI=1S/C16H22N6O/c1-18-12-9-22(10-12)15-7-14(20-16(17)21-15)19-8-11-5-3-4-6-13(11)23-2/h3-7,12,18H,8-10H2,1-2H3,(H3,17,19,20,21). The molecule has 0 saturated carbocycles. The third kappa shape index (κ3) is 3.45. The molecule has 3 rings (SSSR count). The minimum absolute atomic E-state index is 0.276. The van der Waals surface area contributed by atoms with E-state index in [0.717, 1.165) is 30.2 Å². The molecule has 2 aromatic rings. The minimum atomic E-state index is 0.276. The van der Waals surface area contributed by atoms with Crippen molar-refractivity contribution in [2.75, 3.05) is 43.2 Å². The highest BCUT2D eigenvalue weighted by Gasteiger charge is 2.26. The van der Waals surface area contributed by atoms with Gasteiger partial charge in [-0.05, 0) is 13.1 Å². The van der Waals surface area contributed by atoms with E-state index in [-0.39, 0.29) is 5.95 Å². The number of hydrogen-bond donors (Lipinski definition) is 3. The number of methoxy groups -OCH3 is 1. The lowest BCUT2D eigenvalue weighted by Crippen LogP contribution is -2.57. The van der Waals surface area contributed by atoms with Crippen molar-refractivity contribution in [3.8, 4) is 5.75 Å². The topological polar surface area (TPSA) is 88.3 Å². The van der Waals surface area contributed by atoms with Crippen LogP contribution < -0.4 is 26.0 Å². The number of nitrogens with zero attached hydrogens (tertiary/aromatic N) is 3. The van der Waals surface area contributed by atoms with Crippen LogP contribution in [-0.2, 0) is 6.54 Å². The number of hydrogen-bond acceptors (Lipinski definition) is 7. The molecule has 0 radical (unpaired) electrons. The number of aromatic nitrogens is 2. The molecule has 7 heteroatoms. The molecule has 0 amide bonds. The lowest BCUT2D eigenvalue weighted by Gasteiger charge is -2.40. The summed E-state index contributed by atoms with van der Waals surface area (Å²) in [6.45, 7) is 2.47. The van der Waals surface area contributed by atoms with E-state index >= 15 is 0 Å². The summed E-state index contributed by atoms with van der Waals surface area (Å²) < 4.78 is 5.36. The van der Waals surface area contributed by atoms with Crippen LogP contribution in [0.15, 0.2) is 30.3 Å². The van der Waals surface area contributed by atoms with Crippen LogP contribution >= 0.6 is 0 Å². The second kappa shape index (κ2) is 6.70. The average Bonchev–Trinajstić information content (AvgIpc) is 2.52. The number of para-hydroxylation sites is 1. The van der Waals surface area contributed by atoms with Gasteiger partial charge in [-0.3, -0.25) is 0 Å². The smallest absolute Gasteiger partial charge is 0.223 e. The van der Waals surface area contributed by atoms with Gasteiger partial charge < -0.3 is 26.0 Å². The molecule has 4 N–H and O–H groups in total. The predicted octanol–water partition coefficient (Wildman–Crippen LogP) is 1.09. The Morgan fingerprint density at radius 1 is 1.30 bits per heavy atom. The molecular formula is C16H22N6O. The number of anilines is 3. The van der Waals surface area contributed by atoms with Crippen molar-refractivity contribution >= 4 is 17.6 Å². The van der Waals surface area contributed by atoms with Crippen LogP contribution in [0.1, 0.15) is 5.56 Å². The quantitative estimate of drug-likeness (QED) is 0.735. The average molecular weight is 314 g/mol. The molecule has 0 bridgehead atoms. The van der Waals surface area contributed by atoms with Crippen LogP contribution in [-0.4, -0.2) is 43.3 Å². The summed E-state index contributed by atoms with van der Waals surface area (Å²) in [6, 6.07) is 10.3. The molecule has 1 aromatic carbocycles. The van der Waals surface area contributed by atoms with Crippen LogP contribution in [0.2, 0.25) is 0 Å². The second-order valence-electron chi connectivity index (χ2n) is 5.53. The first-order valence-corrected chi connectivity index (χ1v) is 7.62. The number of rotatable bonds is 6. The first-order valence-electron chi connectivity index (χ1n) is 7.62. The van der Waals surface area contributed by atoms with Gasteiger partial charge in [0.05, 0.1) is 7.11 Å². The molecular weight excluding hydrogens is 292 g/mol. The molecule has 2 heterocycles. The van der Waals surface area contributed by atoms with Gasteiger partial charge in [-0.15, -0.1) is 0 Å². The van der Waals surface area contributed by atoms with E-state index < -0.39 is 0 Å². The van der Waals surface area contributed by atoms with Gasteiger partial charge in [-0.1, -0.05) is 18.2 Å². The predicted molar refractivity (Wildman–Crippen MR) is 91.8 cm³/mol. The van der Waals surface area contributed by atoms with Crippen molar-refractivity contribution in [1.29, 1.82) is 0 Å². The summed E-state index contributed by atoms with van der Waals surface area (Å²) in [5.41, 5.74) is 6.90. The van der Waals surface area contributed by atoms with Crippen LogP contribution in [0.5, 0.6) is 5.75 Å². The number of likely N-dealkylation sites (N-methyl/N-ethyl adjacent to an activating group) is 1. The Hall–Kier alpha value is -2.54. The van der Waals surface area contributed by atoms with Gasteiger partial charge in [0.25, 0.3) is 0 Å². The maximum absolute atomic E-state index is 5.84. The fourth-order valence-corrected chi connectivity index (χ4v) is 2.59. The van der Waals surface area contributed by atoms with E-state index in [1.165, 1.54) is 0 Å². The van der Waals surface area contributed by atoms with E-state index in [2.05, 4.69) is 25.5 Å². The molecule has 1 aliphatic rings. The lowest BCUT2D eigenvalue weighted by molar-refractivity contribution is 0.410. The summed E-state index contributed by atoms with van der Waals surface area (Å²) in [5.74, 6) is 2.69. The molecule has 122 valence electrons. The SMILES string of the molecule is CNC1CN(c2cc(NCc3ccccc3OC)nc(N)n2)C1. The number of nitrogen functional groups attached to an aromatic ring is 1. The first kappa shape index (κ1) is 15.4. The fourth-order valence-electron chi connectivity index (χ4n) is 2.59. The monoisotopic (exact) mass is 314 g/mol. The first-order chi connectivity index (χ1) is 11.2. The van der Waals surface area contributed by atoms with E-state index in [9.17, 15) is 0 Å². The van der Waals surface area contributed by atoms with Crippen molar-refractivity contribution in [3.63, 3.8) is 0 Å². The van der Waals surface area contributed by atoms with Crippen LogP contribution in [0.25, 0.3) is 0 Å². The molecule has 0 atom stereocenters. The van der Waals surface area contributed by atoms with Crippen LogP contribution in [0.3, 0.4) is 0 Å².